The highest BCUT2D eigenvalue weighted by Gasteiger charge is 2.26. The standard InChI is InChI=1S/C14H17N3O3/c1-8-5-9(2)7-10(6-8)12(18)16-17-14(20)13(19)15-11-3-4-11/h5-7,11H,3-4H2,1-2H3,(H,15,19)(H,16,18)(H,17,20). The van der Waals surface area contributed by atoms with Gasteiger partial charge in [0, 0.05) is 11.6 Å². The summed E-state index contributed by atoms with van der Waals surface area (Å²) in [6.45, 7) is 3.76. The molecule has 0 aromatic heterocycles. The molecule has 1 aliphatic rings. The van der Waals surface area contributed by atoms with E-state index in [2.05, 4.69) is 16.2 Å². The van der Waals surface area contributed by atoms with Crippen molar-refractivity contribution < 1.29 is 14.4 Å². The van der Waals surface area contributed by atoms with Crippen LogP contribution in [0.15, 0.2) is 18.2 Å². The quantitative estimate of drug-likeness (QED) is 0.537. The second kappa shape index (κ2) is 5.73. The topological polar surface area (TPSA) is 87.3 Å². The highest BCUT2D eigenvalue weighted by Crippen LogP contribution is 2.18. The second-order valence-corrected chi connectivity index (χ2v) is 5.03. The predicted octanol–water partition coefficient (Wildman–Crippen LogP) is 0.343. The van der Waals surface area contributed by atoms with Gasteiger partial charge in [0.1, 0.15) is 0 Å². The Balaban J connectivity index is 1.87. The van der Waals surface area contributed by atoms with Gasteiger partial charge in [0.25, 0.3) is 5.91 Å². The van der Waals surface area contributed by atoms with E-state index in [9.17, 15) is 14.4 Å². The molecule has 0 unspecified atom stereocenters. The first-order valence-electron chi connectivity index (χ1n) is 6.45. The summed E-state index contributed by atoms with van der Waals surface area (Å²) in [4.78, 5) is 34.7. The van der Waals surface area contributed by atoms with E-state index in [4.69, 9.17) is 0 Å². The molecular formula is C14H17N3O3. The molecule has 3 N–H and O–H groups in total. The fraction of sp³-hybridized carbons (Fsp3) is 0.357. The molecule has 1 aliphatic carbocycles. The van der Waals surface area contributed by atoms with E-state index >= 15 is 0 Å². The van der Waals surface area contributed by atoms with Crippen molar-refractivity contribution in [1.82, 2.24) is 16.2 Å². The van der Waals surface area contributed by atoms with Crippen molar-refractivity contribution in [3.63, 3.8) is 0 Å². The van der Waals surface area contributed by atoms with E-state index in [0.29, 0.717) is 5.56 Å². The van der Waals surface area contributed by atoms with Crippen molar-refractivity contribution in [2.75, 3.05) is 0 Å². The van der Waals surface area contributed by atoms with Crippen molar-refractivity contribution >= 4 is 17.7 Å². The van der Waals surface area contributed by atoms with Gasteiger partial charge in [-0.05, 0) is 38.8 Å². The zero-order chi connectivity index (χ0) is 14.7. The summed E-state index contributed by atoms with van der Waals surface area (Å²) in [6, 6.07) is 5.46. The molecule has 106 valence electrons. The molecule has 20 heavy (non-hydrogen) atoms. The maximum absolute atomic E-state index is 11.9. The van der Waals surface area contributed by atoms with E-state index in [-0.39, 0.29) is 6.04 Å². The number of nitrogens with one attached hydrogen (secondary N) is 3. The summed E-state index contributed by atoms with van der Waals surface area (Å²) in [5.41, 5.74) is 6.67. The van der Waals surface area contributed by atoms with Crippen molar-refractivity contribution in [1.29, 1.82) is 0 Å². The Morgan fingerprint density at radius 1 is 0.950 bits per heavy atom. The van der Waals surface area contributed by atoms with Crippen molar-refractivity contribution in [3.8, 4) is 0 Å². The number of rotatable bonds is 2. The number of benzene rings is 1. The summed E-state index contributed by atoms with van der Waals surface area (Å²) in [7, 11) is 0. The number of amides is 3. The molecule has 0 bridgehead atoms. The van der Waals surface area contributed by atoms with Crippen LogP contribution in [-0.2, 0) is 9.59 Å². The third-order valence-electron chi connectivity index (χ3n) is 2.89. The summed E-state index contributed by atoms with van der Waals surface area (Å²) < 4.78 is 0. The minimum Gasteiger partial charge on any atom is -0.345 e. The van der Waals surface area contributed by atoms with E-state index in [1.54, 1.807) is 12.1 Å². The molecule has 0 saturated heterocycles. The molecule has 2 rings (SSSR count). The Kier molecular flexibility index (Phi) is 4.02. The summed E-state index contributed by atoms with van der Waals surface area (Å²) >= 11 is 0. The molecule has 1 saturated carbocycles. The molecule has 0 heterocycles. The van der Waals surface area contributed by atoms with Crippen LogP contribution in [0.1, 0.15) is 34.3 Å². The number of hydrazine groups is 1. The van der Waals surface area contributed by atoms with Crippen molar-refractivity contribution in [2.24, 2.45) is 0 Å². The lowest BCUT2D eigenvalue weighted by Gasteiger charge is -2.08. The Morgan fingerprint density at radius 3 is 2.10 bits per heavy atom. The Labute approximate surface area is 116 Å². The Bertz CT molecular complexity index is 545. The monoisotopic (exact) mass is 275 g/mol. The Morgan fingerprint density at radius 2 is 1.55 bits per heavy atom. The minimum absolute atomic E-state index is 0.100. The average Bonchev–Trinajstić information content (AvgIpc) is 3.18. The fourth-order valence-electron chi connectivity index (χ4n) is 1.83. The normalized spacial score (nSPS) is 13.5. The lowest BCUT2D eigenvalue weighted by molar-refractivity contribution is -0.139. The molecule has 6 heteroatoms. The Hall–Kier alpha value is -2.37. The van der Waals surface area contributed by atoms with E-state index in [1.807, 2.05) is 19.9 Å². The van der Waals surface area contributed by atoms with E-state index < -0.39 is 17.7 Å². The molecule has 0 radical (unpaired) electrons. The third-order valence-corrected chi connectivity index (χ3v) is 2.89. The molecule has 0 atom stereocenters. The van der Waals surface area contributed by atoms with Gasteiger partial charge in [-0.2, -0.15) is 0 Å². The largest absolute Gasteiger partial charge is 0.345 e. The smallest absolute Gasteiger partial charge is 0.327 e. The van der Waals surface area contributed by atoms with Gasteiger partial charge < -0.3 is 5.32 Å². The fourth-order valence-corrected chi connectivity index (χ4v) is 1.83. The maximum atomic E-state index is 11.9. The SMILES string of the molecule is Cc1cc(C)cc(C(=O)NNC(=O)C(=O)NC2CC2)c1. The van der Waals surface area contributed by atoms with Crippen LogP contribution in [0.5, 0.6) is 0 Å². The van der Waals surface area contributed by atoms with Gasteiger partial charge in [0.2, 0.25) is 0 Å². The van der Waals surface area contributed by atoms with Gasteiger partial charge in [0.05, 0.1) is 0 Å². The van der Waals surface area contributed by atoms with Crippen LogP contribution < -0.4 is 16.2 Å². The number of hydrogen-bond donors (Lipinski definition) is 3. The van der Waals surface area contributed by atoms with Crippen LogP contribution in [0.4, 0.5) is 0 Å². The second-order valence-electron chi connectivity index (χ2n) is 5.03. The number of carbonyl (C=O) groups is 3. The van der Waals surface area contributed by atoms with E-state index in [1.165, 1.54) is 0 Å². The first kappa shape index (κ1) is 14.0. The molecular weight excluding hydrogens is 258 g/mol. The minimum atomic E-state index is -0.866. The molecule has 1 fully saturated rings. The average molecular weight is 275 g/mol. The van der Waals surface area contributed by atoms with Crippen LogP contribution in [-0.4, -0.2) is 23.8 Å². The van der Waals surface area contributed by atoms with Crippen molar-refractivity contribution in [2.45, 2.75) is 32.7 Å². The zero-order valence-electron chi connectivity index (χ0n) is 11.4. The van der Waals surface area contributed by atoms with Crippen LogP contribution in [0, 0.1) is 13.8 Å². The van der Waals surface area contributed by atoms with Gasteiger partial charge in [-0.25, -0.2) is 0 Å². The molecule has 0 spiro atoms. The number of aryl methyl sites for hydroxylation is 2. The van der Waals surface area contributed by atoms with Crippen LogP contribution >= 0.6 is 0 Å². The van der Waals surface area contributed by atoms with Gasteiger partial charge in [-0.3, -0.25) is 25.2 Å². The number of carbonyl (C=O) groups excluding carboxylic acids is 3. The van der Waals surface area contributed by atoms with E-state index in [0.717, 1.165) is 24.0 Å². The van der Waals surface area contributed by atoms with Gasteiger partial charge in [-0.15, -0.1) is 0 Å². The summed E-state index contributed by atoms with van der Waals surface area (Å²) in [5, 5.41) is 2.53. The zero-order valence-corrected chi connectivity index (χ0v) is 11.4. The highest BCUT2D eigenvalue weighted by atomic mass is 16.2. The molecule has 1 aromatic carbocycles. The third kappa shape index (κ3) is 3.81. The first-order chi connectivity index (χ1) is 9.45. The molecule has 3 amide bonds. The molecule has 0 aliphatic heterocycles. The van der Waals surface area contributed by atoms with Gasteiger partial charge >= 0.3 is 11.8 Å². The van der Waals surface area contributed by atoms with Crippen LogP contribution in [0.25, 0.3) is 0 Å². The lowest BCUT2D eigenvalue weighted by atomic mass is 10.1. The maximum Gasteiger partial charge on any atom is 0.327 e. The van der Waals surface area contributed by atoms with Crippen molar-refractivity contribution in [3.05, 3.63) is 34.9 Å². The molecule has 1 aromatic rings. The van der Waals surface area contributed by atoms with Crippen LogP contribution in [0.2, 0.25) is 0 Å². The van der Waals surface area contributed by atoms with Crippen LogP contribution in [0.3, 0.4) is 0 Å². The van der Waals surface area contributed by atoms with Gasteiger partial charge in [-0.1, -0.05) is 17.2 Å². The summed E-state index contributed by atoms with van der Waals surface area (Å²) in [6.07, 6.45) is 1.79. The molecule has 6 nitrogen and oxygen atoms in total. The highest BCUT2D eigenvalue weighted by molar-refractivity contribution is 6.35. The predicted molar refractivity (Wildman–Crippen MR) is 72.7 cm³/mol. The number of hydrogen-bond acceptors (Lipinski definition) is 3. The summed E-state index contributed by atoms with van der Waals surface area (Å²) in [5.74, 6) is -2.05. The lowest BCUT2D eigenvalue weighted by Crippen LogP contribution is -2.49. The van der Waals surface area contributed by atoms with Gasteiger partial charge in [0.15, 0.2) is 0 Å². The first-order valence-corrected chi connectivity index (χ1v) is 6.45.